The minimum absolute atomic E-state index is 0.287. The lowest BCUT2D eigenvalue weighted by molar-refractivity contribution is 0.322. The van der Waals surface area contributed by atoms with Crippen molar-refractivity contribution in [2.24, 2.45) is 5.92 Å². The smallest absolute Gasteiger partial charge is 0.173 e. The highest BCUT2D eigenvalue weighted by Gasteiger charge is 2.20. The predicted octanol–water partition coefficient (Wildman–Crippen LogP) is 6.17. The first-order valence-electron chi connectivity index (χ1n) is 8.56. The second-order valence-corrected chi connectivity index (χ2v) is 8.16. The van der Waals surface area contributed by atoms with Crippen molar-refractivity contribution in [2.75, 3.05) is 11.9 Å². The van der Waals surface area contributed by atoms with Crippen molar-refractivity contribution in [3.05, 3.63) is 51.7 Å². The lowest BCUT2D eigenvalue weighted by atomic mass is 10.1. The van der Waals surface area contributed by atoms with Gasteiger partial charge >= 0.3 is 0 Å². The number of rotatable bonds is 6. The molecular weight excluding hydrogens is 332 g/mol. The van der Waals surface area contributed by atoms with E-state index in [4.69, 9.17) is 12.2 Å². The monoisotopic (exact) mass is 360 g/mol. The zero-order valence-corrected chi connectivity index (χ0v) is 16.9. The van der Waals surface area contributed by atoms with Crippen molar-refractivity contribution in [3.8, 4) is 0 Å². The molecule has 0 amide bonds. The number of thiocarbonyl (C=S) groups is 1. The van der Waals surface area contributed by atoms with E-state index in [9.17, 15) is 0 Å². The highest BCUT2D eigenvalue weighted by atomic mass is 32.1. The van der Waals surface area contributed by atoms with Crippen molar-refractivity contribution >= 4 is 34.4 Å². The largest absolute Gasteiger partial charge is 0.341 e. The summed E-state index contributed by atoms with van der Waals surface area (Å²) in [5, 5.41) is 6.38. The molecule has 1 aromatic carbocycles. The SMILES string of the molecule is Cc1ccc(NC(=S)N(CCC(C)C)[C@@H](C)c2cccs2)cc1C. The number of thiophene rings is 1. The van der Waals surface area contributed by atoms with E-state index in [2.05, 4.69) is 80.5 Å². The molecule has 1 heterocycles. The van der Waals surface area contributed by atoms with E-state index in [0.717, 1.165) is 23.8 Å². The number of nitrogens with zero attached hydrogens (tertiary/aromatic N) is 1. The fourth-order valence-electron chi connectivity index (χ4n) is 2.57. The molecule has 130 valence electrons. The molecule has 0 fully saturated rings. The first kappa shape index (κ1) is 18.9. The second-order valence-electron chi connectivity index (χ2n) is 6.80. The molecule has 2 rings (SSSR count). The predicted molar refractivity (Wildman–Crippen MR) is 111 cm³/mol. The van der Waals surface area contributed by atoms with Crippen LogP contribution in [-0.4, -0.2) is 16.6 Å². The maximum atomic E-state index is 5.76. The molecule has 0 spiro atoms. The highest BCUT2D eigenvalue weighted by molar-refractivity contribution is 7.80. The van der Waals surface area contributed by atoms with E-state index >= 15 is 0 Å². The third-order valence-electron chi connectivity index (χ3n) is 4.39. The molecule has 0 unspecified atom stereocenters. The van der Waals surface area contributed by atoms with Gasteiger partial charge in [0, 0.05) is 17.1 Å². The van der Waals surface area contributed by atoms with Gasteiger partial charge in [-0.15, -0.1) is 11.3 Å². The normalized spacial score (nSPS) is 12.2. The van der Waals surface area contributed by atoms with Crippen LogP contribution in [0, 0.1) is 19.8 Å². The molecule has 0 bridgehead atoms. The standard InChI is InChI=1S/C20H28N2S2/c1-14(2)10-11-22(17(5)19-7-6-12-24-19)20(23)21-18-9-8-15(3)16(4)13-18/h6-9,12-14,17H,10-11H2,1-5H3,(H,21,23)/t17-/m0/s1. The summed E-state index contributed by atoms with van der Waals surface area (Å²) in [4.78, 5) is 3.67. The zero-order chi connectivity index (χ0) is 17.7. The quantitative estimate of drug-likeness (QED) is 0.620. The summed E-state index contributed by atoms with van der Waals surface area (Å²) < 4.78 is 0. The average Bonchev–Trinajstić information content (AvgIpc) is 3.05. The molecule has 2 nitrogen and oxygen atoms in total. The van der Waals surface area contributed by atoms with Crippen molar-refractivity contribution < 1.29 is 0 Å². The molecule has 1 aromatic heterocycles. The van der Waals surface area contributed by atoms with Gasteiger partial charge in [-0.2, -0.15) is 0 Å². The highest BCUT2D eigenvalue weighted by Crippen LogP contribution is 2.26. The van der Waals surface area contributed by atoms with Crippen LogP contribution in [0.15, 0.2) is 35.7 Å². The topological polar surface area (TPSA) is 15.3 Å². The first-order valence-corrected chi connectivity index (χ1v) is 9.85. The Balaban J connectivity index is 2.15. The van der Waals surface area contributed by atoms with Gasteiger partial charge in [0.2, 0.25) is 0 Å². The number of nitrogens with one attached hydrogen (secondary N) is 1. The van der Waals surface area contributed by atoms with Crippen LogP contribution in [0.5, 0.6) is 0 Å². The maximum absolute atomic E-state index is 5.76. The van der Waals surface area contributed by atoms with Crippen molar-refractivity contribution in [1.29, 1.82) is 0 Å². The van der Waals surface area contributed by atoms with E-state index in [1.165, 1.54) is 16.0 Å². The second kappa shape index (κ2) is 8.63. The number of hydrogen-bond acceptors (Lipinski definition) is 2. The Morgan fingerprint density at radius 3 is 2.50 bits per heavy atom. The minimum Gasteiger partial charge on any atom is -0.341 e. The van der Waals surface area contributed by atoms with E-state index < -0.39 is 0 Å². The summed E-state index contributed by atoms with van der Waals surface area (Å²) in [5.41, 5.74) is 3.65. The Morgan fingerprint density at radius 2 is 1.92 bits per heavy atom. The maximum Gasteiger partial charge on any atom is 0.173 e. The molecule has 0 aliphatic heterocycles. The van der Waals surface area contributed by atoms with Crippen LogP contribution in [0.3, 0.4) is 0 Å². The van der Waals surface area contributed by atoms with Gasteiger partial charge in [-0.3, -0.25) is 0 Å². The van der Waals surface area contributed by atoms with Crippen LogP contribution in [0.25, 0.3) is 0 Å². The van der Waals surface area contributed by atoms with Crippen LogP contribution >= 0.6 is 23.6 Å². The molecule has 2 aromatic rings. The van der Waals surface area contributed by atoms with E-state index in [0.29, 0.717) is 5.92 Å². The third kappa shape index (κ3) is 5.05. The van der Waals surface area contributed by atoms with Crippen LogP contribution in [0.2, 0.25) is 0 Å². The Bertz CT molecular complexity index is 662. The molecule has 0 saturated heterocycles. The average molecular weight is 361 g/mol. The molecule has 24 heavy (non-hydrogen) atoms. The summed E-state index contributed by atoms with van der Waals surface area (Å²) in [6, 6.07) is 11.0. The lowest BCUT2D eigenvalue weighted by Crippen LogP contribution is -2.37. The molecule has 0 radical (unpaired) electrons. The summed E-state index contributed by atoms with van der Waals surface area (Å²) in [6.45, 7) is 12.0. The van der Waals surface area contributed by atoms with Crippen LogP contribution < -0.4 is 5.32 Å². The van der Waals surface area contributed by atoms with Crippen LogP contribution in [0.4, 0.5) is 5.69 Å². The van der Waals surface area contributed by atoms with Gasteiger partial charge in [0.05, 0.1) is 6.04 Å². The summed E-state index contributed by atoms with van der Waals surface area (Å²) in [6.07, 6.45) is 1.13. The van der Waals surface area contributed by atoms with Gasteiger partial charge in [-0.25, -0.2) is 0 Å². The van der Waals surface area contributed by atoms with Gasteiger partial charge in [-0.05, 0) is 80.0 Å². The minimum atomic E-state index is 0.287. The number of hydrogen-bond donors (Lipinski definition) is 1. The molecule has 1 N–H and O–H groups in total. The van der Waals surface area contributed by atoms with E-state index in [-0.39, 0.29) is 6.04 Å². The number of benzene rings is 1. The summed E-state index contributed by atoms with van der Waals surface area (Å²) >= 11 is 7.55. The Morgan fingerprint density at radius 1 is 1.17 bits per heavy atom. The lowest BCUT2D eigenvalue weighted by Gasteiger charge is -2.32. The number of aryl methyl sites for hydroxylation is 2. The van der Waals surface area contributed by atoms with Crippen molar-refractivity contribution in [2.45, 2.75) is 47.1 Å². The van der Waals surface area contributed by atoms with Gasteiger partial charge in [0.15, 0.2) is 5.11 Å². The Labute approximate surface area is 155 Å². The fraction of sp³-hybridized carbons (Fsp3) is 0.450. The summed E-state index contributed by atoms with van der Waals surface area (Å²) in [7, 11) is 0. The van der Waals surface area contributed by atoms with Crippen LogP contribution in [-0.2, 0) is 0 Å². The third-order valence-corrected chi connectivity index (χ3v) is 5.77. The Kier molecular flexibility index (Phi) is 6.81. The van der Waals surface area contributed by atoms with Gasteiger partial charge in [-0.1, -0.05) is 26.0 Å². The fourth-order valence-corrected chi connectivity index (χ4v) is 3.73. The van der Waals surface area contributed by atoms with Crippen LogP contribution in [0.1, 0.15) is 49.2 Å². The van der Waals surface area contributed by atoms with Gasteiger partial charge in [0.1, 0.15) is 0 Å². The Hall–Kier alpha value is -1.39. The molecule has 0 saturated carbocycles. The molecular formula is C20H28N2S2. The van der Waals surface area contributed by atoms with E-state index in [1.54, 1.807) is 11.3 Å². The molecule has 1 atom stereocenters. The van der Waals surface area contributed by atoms with E-state index in [1.807, 2.05) is 0 Å². The zero-order valence-electron chi connectivity index (χ0n) is 15.3. The first-order chi connectivity index (χ1) is 11.4. The summed E-state index contributed by atoms with van der Waals surface area (Å²) in [5.74, 6) is 0.660. The van der Waals surface area contributed by atoms with Crippen molar-refractivity contribution in [3.63, 3.8) is 0 Å². The number of anilines is 1. The molecule has 0 aliphatic rings. The van der Waals surface area contributed by atoms with Gasteiger partial charge < -0.3 is 10.2 Å². The van der Waals surface area contributed by atoms with Crippen molar-refractivity contribution in [1.82, 2.24) is 4.90 Å². The molecule has 0 aliphatic carbocycles. The van der Waals surface area contributed by atoms with Gasteiger partial charge in [0.25, 0.3) is 0 Å². The molecule has 4 heteroatoms.